The topological polar surface area (TPSA) is 46.2 Å². The first-order valence-corrected chi connectivity index (χ1v) is 8.47. The normalized spacial score (nSPS) is 11.6. The molecular formula is C16H18ClNO2S. The van der Waals surface area contributed by atoms with Gasteiger partial charge in [0.15, 0.2) is 0 Å². The minimum atomic E-state index is -3.54. The van der Waals surface area contributed by atoms with E-state index in [4.69, 9.17) is 11.6 Å². The fourth-order valence-corrected chi connectivity index (χ4v) is 4.17. The molecule has 0 saturated carbocycles. The van der Waals surface area contributed by atoms with E-state index < -0.39 is 10.0 Å². The Morgan fingerprint density at radius 3 is 2.24 bits per heavy atom. The molecule has 5 heteroatoms. The summed E-state index contributed by atoms with van der Waals surface area (Å²) in [6.07, 6.45) is 0. The highest BCUT2D eigenvalue weighted by Gasteiger charge is 2.19. The molecule has 0 bridgehead atoms. The molecule has 0 unspecified atom stereocenters. The molecule has 0 atom stereocenters. The summed E-state index contributed by atoms with van der Waals surface area (Å²) in [5.74, 6) is 0. The molecule has 0 fully saturated rings. The second-order valence-electron chi connectivity index (χ2n) is 5.18. The Hall–Kier alpha value is -1.36. The van der Waals surface area contributed by atoms with Gasteiger partial charge in [0.05, 0.1) is 4.90 Å². The highest BCUT2D eigenvalue weighted by molar-refractivity contribution is 7.89. The lowest BCUT2D eigenvalue weighted by Gasteiger charge is -2.13. The largest absolute Gasteiger partial charge is 0.241 e. The molecule has 0 amide bonds. The number of aryl methyl sites for hydroxylation is 3. The second-order valence-corrected chi connectivity index (χ2v) is 7.32. The van der Waals surface area contributed by atoms with Crippen LogP contribution in [0.4, 0.5) is 0 Å². The van der Waals surface area contributed by atoms with E-state index >= 15 is 0 Å². The van der Waals surface area contributed by atoms with Crippen molar-refractivity contribution in [2.45, 2.75) is 32.2 Å². The molecule has 2 rings (SSSR count). The van der Waals surface area contributed by atoms with E-state index in [0.29, 0.717) is 9.92 Å². The Balaban J connectivity index is 2.27. The molecule has 2 aromatic carbocycles. The quantitative estimate of drug-likeness (QED) is 0.931. The minimum Gasteiger partial charge on any atom is -0.207 e. The maximum atomic E-state index is 12.5. The van der Waals surface area contributed by atoms with Gasteiger partial charge in [-0.1, -0.05) is 41.4 Å². The number of sulfonamides is 1. The monoisotopic (exact) mass is 323 g/mol. The zero-order valence-corrected chi connectivity index (χ0v) is 13.8. The molecule has 0 aliphatic carbocycles. The lowest BCUT2D eigenvalue weighted by Crippen LogP contribution is -2.25. The van der Waals surface area contributed by atoms with Crippen molar-refractivity contribution in [2.24, 2.45) is 0 Å². The fourth-order valence-electron chi connectivity index (χ4n) is 2.49. The van der Waals surface area contributed by atoms with Crippen LogP contribution in [0.15, 0.2) is 41.3 Å². The van der Waals surface area contributed by atoms with E-state index in [1.54, 1.807) is 18.2 Å². The van der Waals surface area contributed by atoms with Crippen molar-refractivity contribution in [1.29, 1.82) is 0 Å². The van der Waals surface area contributed by atoms with E-state index in [2.05, 4.69) is 4.72 Å². The third-order valence-corrected chi connectivity index (χ3v) is 5.17. The van der Waals surface area contributed by atoms with Gasteiger partial charge in [-0.2, -0.15) is 0 Å². The van der Waals surface area contributed by atoms with E-state index in [0.717, 1.165) is 22.3 Å². The Morgan fingerprint density at radius 2 is 1.67 bits per heavy atom. The van der Waals surface area contributed by atoms with Gasteiger partial charge in [0.25, 0.3) is 0 Å². The predicted molar refractivity (Wildman–Crippen MR) is 86.1 cm³/mol. The molecule has 112 valence electrons. The van der Waals surface area contributed by atoms with Crippen molar-refractivity contribution >= 4 is 21.6 Å². The number of halogens is 1. The Labute approximate surface area is 131 Å². The van der Waals surface area contributed by atoms with E-state index in [1.807, 2.05) is 39.0 Å². The van der Waals surface area contributed by atoms with Crippen LogP contribution < -0.4 is 4.72 Å². The highest BCUT2D eigenvalue weighted by atomic mass is 35.5. The number of hydrogen-bond donors (Lipinski definition) is 1. The molecule has 0 aliphatic rings. The van der Waals surface area contributed by atoms with Gasteiger partial charge in [0, 0.05) is 11.6 Å². The first-order chi connectivity index (χ1) is 9.79. The number of benzene rings is 2. The molecule has 2 aromatic rings. The smallest absolute Gasteiger partial charge is 0.207 e. The van der Waals surface area contributed by atoms with Gasteiger partial charge < -0.3 is 0 Å². The standard InChI is InChI=1S/C16H18ClNO2S/c1-11-7-12(2)16(13(3)8-11)21(19,20)18-10-14-5-4-6-15(17)9-14/h4-9,18H,10H2,1-3H3. The van der Waals surface area contributed by atoms with Crippen molar-refractivity contribution in [3.8, 4) is 0 Å². The highest BCUT2D eigenvalue weighted by Crippen LogP contribution is 2.22. The number of rotatable bonds is 4. The first kappa shape index (κ1) is 16.0. The molecule has 21 heavy (non-hydrogen) atoms. The molecule has 3 nitrogen and oxygen atoms in total. The third-order valence-electron chi connectivity index (χ3n) is 3.23. The Bertz CT molecular complexity index is 747. The third kappa shape index (κ3) is 3.84. The average molecular weight is 324 g/mol. The summed E-state index contributed by atoms with van der Waals surface area (Å²) in [5, 5.41) is 0.592. The van der Waals surface area contributed by atoms with Gasteiger partial charge in [-0.3, -0.25) is 0 Å². The maximum absolute atomic E-state index is 12.5. The van der Waals surface area contributed by atoms with Gasteiger partial charge in [-0.15, -0.1) is 0 Å². The maximum Gasteiger partial charge on any atom is 0.241 e. The zero-order chi connectivity index (χ0) is 15.6. The van der Waals surface area contributed by atoms with Crippen LogP contribution in [0, 0.1) is 20.8 Å². The van der Waals surface area contributed by atoms with Crippen molar-refractivity contribution in [3.63, 3.8) is 0 Å². The zero-order valence-electron chi connectivity index (χ0n) is 12.3. The fraction of sp³-hybridized carbons (Fsp3) is 0.250. The molecule has 0 radical (unpaired) electrons. The number of nitrogens with one attached hydrogen (secondary N) is 1. The minimum absolute atomic E-state index is 0.218. The van der Waals surface area contributed by atoms with Crippen molar-refractivity contribution in [1.82, 2.24) is 4.72 Å². The average Bonchev–Trinajstić information content (AvgIpc) is 2.35. The Kier molecular flexibility index (Phi) is 4.71. The van der Waals surface area contributed by atoms with Crippen molar-refractivity contribution in [2.75, 3.05) is 0 Å². The molecule has 0 spiro atoms. The van der Waals surface area contributed by atoms with E-state index in [9.17, 15) is 8.42 Å². The van der Waals surface area contributed by atoms with E-state index in [-0.39, 0.29) is 6.54 Å². The lowest BCUT2D eigenvalue weighted by atomic mass is 10.1. The lowest BCUT2D eigenvalue weighted by molar-refractivity contribution is 0.580. The van der Waals surface area contributed by atoms with Crippen molar-refractivity contribution < 1.29 is 8.42 Å². The summed E-state index contributed by atoms with van der Waals surface area (Å²) in [4.78, 5) is 0.357. The predicted octanol–water partition coefficient (Wildman–Crippen LogP) is 3.74. The van der Waals surface area contributed by atoms with Gasteiger partial charge in [-0.25, -0.2) is 13.1 Å². The van der Waals surface area contributed by atoms with Gasteiger partial charge >= 0.3 is 0 Å². The summed E-state index contributed by atoms with van der Waals surface area (Å²) in [6.45, 7) is 5.80. The van der Waals surface area contributed by atoms with Gasteiger partial charge in [-0.05, 0) is 49.6 Å². The van der Waals surface area contributed by atoms with Crippen LogP contribution in [0.25, 0.3) is 0 Å². The van der Waals surface area contributed by atoms with Gasteiger partial charge in [0.1, 0.15) is 0 Å². The molecule has 0 aliphatic heterocycles. The van der Waals surface area contributed by atoms with Crippen LogP contribution >= 0.6 is 11.6 Å². The van der Waals surface area contributed by atoms with Crippen LogP contribution in [-0.4, -0.2) is 8.42 Å². The summed E-state index contributed by atoms with van der Waals surface area (Å²) >= 11 is 5.90. The number of hydrogen-bond acceptors (Lipinski definition) is 2. The SMILES string of the molecule is Cc1cc(C)c(S(=O)(=O)NCc2cccc(Cl)c2)c(C)c1. The van der Waals surface area contributed by atoms with Crippen LogP contribution in [-0.2, 0) is 16.6 Å². The van der Waals surface area contributed by atoms with Gasteiger partial charge in [0.2, 0.25) is 10.0 Å². The molecule has 0 saturated heterocycles. The first-order valence-electron chi connectivity index (χ1n) is 6.61. The molecule has 1 N–H and O–H groups in total. The summed E-state index contributed by atoms with van der Waals surface area (Å²) in [6, 6.07) is 10.9. The second kappa shape index (κ2) is 6.18. The van der Waals surface area contributed by atoms with Crippen LogP contribution in [0.5, 0.6) is 0 Å². The van der Waals surface area contributed by atoms with Crippen LogP contribution in [0.3, 0.4) is 0 Å². The molecule has 0 heterocycles. The molecule has 0 aromatic heterocycles. The summed E-state index contributed by atoms with van der Waals surface area (Å²) in [5.41, 5.74) is 3.39. The van der Waals surface area contributed by atoms with Crippen LogP contribution in [0.1, 0.15) is 22.3 Å². The molecular weight excluding hydrogens is 306 g/mol. The van der Waals surface area contributed by atoms with Crippen molar-refractivity contribution in [3.05, 3.63) is 63.7 Å². The Morgan fingerprint density at radius 1 is 1.05 bits per heavy atom. The van der Waals surface area contributed by atoms with E-state index in [1.165, 1.54) is 0 Å². The summed E-state index contributed by atoms with van der Waals surface area (Å²) in [7, 11) is -3.54. The van der Waals surface area contributed by atoms with Crippen LogP contribution in [0.2, 0.25) is 5.02 Å². The summed E-state index contributed by atoms with van der Waals surface area (Å²) < 4.78 is 27.6.